The molecule has 1 atom stereocenters. The number of anilines is 1. The minimum atomic E-state index is 0.00446. The van der Waals surface area contributed by atoms with Gasteiger partial charge in [-0.15, -0.1) is 0 Å². The smallest absolute Gasteiger partial charge is 0.142 e. The van der Waals surface area contributed by atoms with Gasteiger partial charge in [0.2, 0.25) is 0 Å². The Labute approximate surface area is 108 Å². The first kappa shape index (κ1) is 12.7. The van der Waals surface area contributed by atoms with Crippen LogP contribution >= 0.6 is 0 Å². The third kappa shape index (κ3) is 2.57. The van der Waals surface area contributed by atoms with Crippen LogP contribution in [0.1, 0.15) is 6.92 Å². The highest BCUT2D eigenvalue weighted by atomic mass is 16.5. The van der Waals surface area contributed by atoms with Gasteiger partial charge in [-0.25, -0.2) is 0 Å². The zero-order valence-corrected chi connectivity index (χ0v) is 11.0. The predicted molar refractivity (Wildman–Crippen MR) is 71.9 cm³/mol. The van der Waals surface area contributed by atoms with Crippen molar-refractivity contribution in [3.63, 3.8) is 0 Å². The zero-order valence-electron chi connectivity index (χ0n) is 11.0. The Morgan fingerprint density at radius 1 is 1.22 bits per heavy atom. The van der Waals surface area contributed by atoms with E-state index >= 15 is 0 Å². The highest BCUT2D eigenvalue weighted by molar-refractivity contribution is 5.58. The van der Waals surface area contributed by atoms with Crippen LogP contribution in [0.4, 0.5) is 5.69 Å². The molecule has 4 nitrogen and oxygen atoms in total. The van der Waals surface area contributed by atoms with Gasteiger partial charge in [-0.05, 0) is 19.1 Å². The molecule has 0 spiro atoms. The maximum Gasteiger partial charge on any atom is 0.142 e. The molecule has 0 N–H and O–H groups in total. The minimum Gasteiger partial charge on any atom is -0.495 e. The summed E-state index contributed by atoms with van der Waals surface area (Å²) in [6, 6.07) is 10.4. The van der Waals surface area contributed by atoms with Crippen molar-refractivity contribution in [2.24, 2.45) is 0 Å². The summed E-state index contributed by atoms with van der Waals surface area (Å²) in [6.45, 7) is 5.68. The number of benzene rings is 1. The molecule has 1 aromatic carbocycles. The zero-order chi connectivity index (χ0) is 13.0. The van der Waals surface area contributed by atoms with Gasteiger partial charge in [-0.3, -0.25) is 4.90 Å². The van der Waals surface area contributed by atoms with Crippen LogP contribution in [0, 0.1) is 11.3 Å². The molecule has 1 aliphatic heterocycles. The van der Waals surface area contributed by atoms with Crippen molar-refractivity contribution in [2.75, 3.05) is 38.2 Å². The lowest BCUT2D eigenvalue weighted by atomic mass is 10.2. The molecule has 1 fully saturated rings. The molecule has 0 saturated carbocycles. The molecule has 0 amide bonds. The van der Waals surface area contributed by atoms with Crippen LogP contribution in [-0.2, 0) is 0 Å². The second-order valence-electron chi connectivity index (χ2n) is 4.50. The van der Waals surface area contributed by atoms with Gasteiger partial charge in [0.25, 0.3) is 0 Å². The molecule has 18 heavy (non-hydrogen) atoms. The molecule has 1 saturated heterocycles. The Hall–Kier alpha value is -1.73. The summed E-state index contributed by atoms with van der Waals surface area (Å²) in [5.74, 6) is 0.916. The van der Waals surface area contributed by atoms with Crippen LogP contribution < -0.4 is 9.64 Å². The number of rotatable bonds is 3. The molecule has 0 radical (unpaired) electrons. The van der Waals surface area contributed by atoms with Crippen molar-refractivity contribution in [1.29, 1.82) is 5.26 Å². The first-order valence-corrected chi connectivity index (χ1v) is 6.28. The summed E-state index contributed by atoms with van der Waals surface area (Å²) in [6.07, 6.45) is 0. The van der Waals surface area contributed by atoms with E-state index in [0.29, 0.717) is 0 Å². The van der Waals surface area contributed by atoms with E-state index in [4.69, 9.17) is 10.00 Å². The Morgan fingerprint density at radius 3 is 2.50 bits per heavy atom. The Bertz CT molecular complexity index is 433. The number of ether oxygens (including phenoxy) is 1. The van der Waals surface area contributed by atoms with Crippen LogP contribution in [0.25, 0.3) is 0 Å². The number of piperazine rings is 1. The maximum absolute atomic E-state index is 8.93. The van der Waals surface area contributed by atoms with Crippen LogP contribution in [0.15, 0.2) is 24.3 Å². The summed E-state index contributed by atoms with van der Waals surface area (Å²) >= 11 is 0. The third-order valence-corrected chi connectivity index (χ3v) is 3.47. The largest absolute Gasteiger partial charge is 0.495 e. The van der Waals surface area contributed by atoms with Crippen LogP contribution in [-0.4, -0.2) is 44.2 Å². The number of hydrogen-bond donors (Lipinski definition) is 0. The Balaban J connectivity index is 2.04. The molecule has 1 heterocycles. The lowest BCUT2D eigenvalue weighted by Crippen LogP contribution is -2.49. The molecule has 1 aliphatic rings. The van der Waals surface area contributed by atoms with Gasteiger partial charge >= 0.3 is 0 Å². The first-order valence-electron chi connectivity index (χ1n) is 6.28. The van der Waals surface area contributed by atoms with Gasteiger partial charge in [-0.2, -0.15) is 5.26 Å². The lowest BCUT2D eigenvalue weighted by molar-refractivity contribution is 0.231. The normalized spacial score (nSPS) is 18.2. The monoisotopic (exact) mass is 245 g/mol. The quantitative estimate of drug-likeness (QED) is 0.813. The van der Waals surface area contributed by atoms with Crippen molar-refractivity contribution >= 4 is 5.69 Å². The second-order valence-corrected chi connectivity index (χ2v) is 4.50. The van der Waals surface area contributed by atoms with E-state index in [0.717, 1.165) is 37.6 Å². The number of nitriles is 1. The maximum atomic E-state index is 8.93. The van der Waals surface area contributed by atoms with Crippen molar-refractivity contribution in [1.82, 2.24) is 4.90 Å². The van der Waals surface area contributed by atoms with E-state index in [1.165, 1.54) is 0 Å². The second kappa shape index (κ2) is 5.74. The average Bonchev–Trinajstić information content (AvgIpc) is 2.46. The van der Waals surface area contributed by atoms with Gasteiger partial charge in [0.1, 0.15) is 5.75 Å². The van der Waals surface area contributed by atoms with Crippen molar-refractivity contribution in [3.05, 3.63) is 24.3 Å². The molecule has 1 aromatic rings. The van der Waals surface area contributed by atoms with E-state index < -0.39 is 0 Å². The van der Waals surface area contributed by atoms with Gasteiger partial charge in [-0.1, -0.05) is 12.1 Å². The molecule has 0 aliphatic carbocycles. The van der Waals surface area contributed by atoms with Crippen LogP contribution in [0.5, 0.6) is 5.75 Å². The van der Waals surface area contributed by atoms with E-state index in [-0.39, 0.29) is 6.04 Å². The molecular formula is C14H19N3O. The van der Waals surface area contributed by atoms with Gasteiger partial charge < -0.3 is 9.64 Å². The predicted octanol–water partition coefficient (Wildman–Crippen LogP) is 1.73. The van der Waals surface area contributed by atoms with Crippen molar-refractivity contribution < 1.29 is 4.74 Å². The Kier molecular flexibility index (Phi) is 4.06. The highest BCUT2D eigenvalue weighted by Crippen LogP contribution is 2.28. The SMILES string of the molecule is COc1ccccc1N1CCN(C(C)C#N)CC1. The molecule has 4 heteroatoms. The number of hydrogen-bond acceptors (Lipinski definition) is 4. The van der Waals surface area contributed by atoms with Gasteiger partial charge in [0.05, 0.1) is 24.9 Å². The molecule has 0 aromatic heterocycles. The summed E-state index contributed by atoms with van der Waals surface area (Å²) in [5, 5.41) is 8.93. The number of methoxy groups -OCH3 is 1. The lowest BCUT2D eigenvalue weighted by Gasteiger charge is -2.37. The highest BCUT2D eigenvalue weighted by Gasteiger charge is 2.22. The Morgan fingerprint density at radius 2 is 1.89 bits per heavy atom. The fraction of sp³-hybridized carbons (Fsp3) is 0.500. The average molecular weight is 245 g/mol. The molecule has 96 valence electrons. The number of nitrogens with zero attached hydrogens (tertiary/aromatic N) is 3. The number of para-hydroxylation sites is 2. The summed E-state index contributed by atoms with van der Waals surface area (Å²) in [4.78, 5) is 4.53. The van der Waals surface area contributed by atoms with E-state index in [1.54, 1.807) is 7.11 Å². The summed E-state index contributed by atoms with van der Waals surface area (Å²) < 4.78 is 5.39. The minimum absolute atomic E-state index is 0.00446. The standard InChI is InChI=1S/C14H19N3O/c1-12(11-15)16-7-9-17(10-8-16)13-5-3-4-6-14(13)18-2/h3-6,12H,7-10H2,1-2H3. The fourth-order valence-electron chi connectivity index (χ4n) is 2.32. The van der Waals surface area contributed by atoms with E-state index in [2.05, 4.69) is 21.9 Å². The summed E-state index contributed by atoms with van der Waals surface area (Å²) in [5.41, 5.74) is 1.14. The fourth-order valence-corrected chi connectivity index (χ4v) is 2.32. The van der Waals surface area contributed by atoms with Crippen LogP contribution in [0.3, 0.4) is 0 Å². The van der Waals surface area contributed by atoms with Crippen molar-refractivity contribution in [2.45, 2.75) is 13.0 Å². The molecule has 1 unspecified atom stereocenters. The first-order chi connectivity index (χ1) is 8.76. The van der Waals surface area contributed by atoms with E-state index in [1.807, 2.05) is 25.1 Å². The van der Waals surface area contributed by atoms with Crippen LogP contribution in [0.2, 0.25) is 0 Å². The van der Waals surface area contributed by atoms with Crippen molar-refractivity contribution in [3.8, 4) is 11.8 Å². The third-order valence-electron chi connectivity index (χ3n) is 3.47. The van der Waals surface area contributed by atoms with Gasteiger partial charge in [0, 0.05) is 26.2 Å². The molecule has 0 bridgehead atoms. The summed E-state index contributed by atoms with van der Waals surface area (Å²) in [7, 11) is 1.70. The van der Waals surface area contributed by atoms with E-state index in [9.17, 15) is 0 Å². The topological polar surface area (TPSA) is 39.5 Å². The van der Waals surface area contributed by atoms with Gasteiger partial charge in [0.15, 0.2) is 0 Å². The molecular weight excluding hydrogens is 226 g/mol. The molecule has 2 rings (SSSR count).